The van der Waals surface area contributed by atoms with E-state index in [4.69, 9.17) is 0 Å². The Bertz CT molecular complexity index is 537. The summed E-state index contributed by atoms with van der Waals surface area (Å²) in [5.74, 6) is 2.63. The lowest BCUT2D eigenvalue weighted by atomic mass is 9.80. The lowest BCUT2D eigenvalue weighted by molar-refractivity contribution is 0.227. The fourth-order valence-corrected chi connectivity index (χ4v) is 8.94. The predicted octanol–water partition coefficient (Wildman–Crippen LogP) is 2.70. The van der Waals surface area contributed by atoms with Crippen molar-refractivity contribution in [3.8, 4) is 0 Å². The summed E-state index contributed by atoms with van der Waals surface area (Å²) < 4.78 is 36.2. The molecule has 1 saturated carbocycles. The summed E-state index contributed by atoms with van der Waals surface area (Å²) in [5.41, 5.74) is 0. The van der Waals surface area contributed by atoms with E-state index in [1.54, 1.807) is 0 Å². The average molecular weight is 394 g/mol. The second-order valence-electron chi connectivity index (χ2n) is 7.74. The van der Waals surface area contributed by atoms with E-state index >= 15 is 0 Å². The van der Waals surface area contributed by atoms with Crippen LogP contribution in [0.4, 0.5) is 0 Å². The van der Waals surface area contributed by atoms with Crippen LogP contribution in [0.1, 0.15) is 57.8 Å². The highest BCUT2D eigenvalue weighted by molar-refractivity contribution is 8.01. The number of rotatable bonds is 5. The molecule has 2 aliphatic heterocycles. The largest absolute Gasteiger partial charge is 0.300 e. The van der Waals surface area contributed by atoms with E-state index in [1.165, 1.54) is 24.9 Å². The van der Waals surface area contributed by atoms with Crippen molar-refractivity contribution in [1.82, 2.24) is 5.32 Å². The number of piperidine rings is 1. The third kappa shape index (κ3) is 4.98. The van der Waals surface area contributed by atoms with Crippen molar-refractivity contribution in [3.05, 3.63) is 0 Å². The molecule has 0 amide bonds. The standard InChI is InChI=1S/C17H31NO3S3/c1-24(20,21)15-9-7-13(8-10-15)16-5-2-6-17(18-16)23(19)12-14-4-3-11-22-14/h13-18H,2-12H2,1H3/t13?,14?,15?,16?,17?,23-/m1/s1. The van der Waals surface area contributed by atoms with E-state index < -0.39 is 20.6 Å². The van der Waals surface area contributed by atoms with Crippen LogP contribution in [0.15, 0.2) is 0 Å². The Labute approximate surface area is 153 Å². The first-order chi connectivity index (χ1) is 11.4. The van der Waals surface area contributed by atoms with Crippen LogP contribution in [0.2, 0.25) is 0 Å². The minimum atomic E-state index is -2.89. The van der Waals surface area contributed by atoms with Gasteiger partial charge in [-0.25, -0.2) is 8.42 Å². The second-order valence-corrected chi connectivity index (χ2v) is 13.1. The van der Waals surface area contributed by atoms with Crippen molar-refractivity contribution >= 4 is 32.4 Å². The van der Waals surface area contributed by atoms with Crippen molar-refractivity contribution < 1.29 is 12.6 Å². The molecule has 7 heteroatoms. The van der Waals surface area contributed by atoms with Gasteiger partial charge in [0, 0.05) is 34.1 Å². The van der Waals surface area contributed by atoms with Crippen molar-refractivity contribution in [2.75, 3.05) is 17.8 Å². The fourth-order valence-electron chi connectivity index (χ4n) is 4.50. The third-order valence-corrected chi connectivity index (χ3v) is 11.0. The second kappa shape index (κ2) is 8.40. The smallest absolute Gasteiger partial charge is 0.150 e. The lowest BCUT2D eigenvalue weighted by Gasteiger charge is -2.39. The number of hydrogen-bond acceptors (Lipinski definition) is 5. The van der Waals surface area contributed by atoms with E-state index in [-0.39, 0.29) is 10.6 Å². The molecule has 0 spiro atoms. The van der Waals surface area contributed by atoms with Gasteiger partial charge in [0.05, 0.1) is 10.6 Å². The molecule has 0 aromatic heterocycles. The zero-order chi connectivity index (χ0) is 17.2. The van der Waals surface area contributed by atoms with Crippen molar-refractivity contribution in [3.63, 3.8) is 0 Å². The van der Waals surface area contributed by atoms with Crippen molar-refractivity contribution in [2.45, 2.75) is 79.7 Å². The van der Waals surface area contributed by atoms with E-state index in [1.807, 2.05) is 11.8 Å². The highest BCUT2D eigenvalue weighted by Gasteiger charge is 2.35. The first kappa shape index (κ1) is 19.2. The van der Waals surface area contributed by atoms with Crippen LogP contribution in [0.5, 0.6) is 0 Å². The van der Waals surface area contributed by atoms with Crippen LogP contribution in [0.25, 0.3) is 0 Å². The Morgan fingerprint density at radius 3 is 2.42 bits per heavy atom. The minimum absolute atomic E-state index is 0.137. The zero-order valence-corrected chi connectivity index (χ0v) is 17.1. The summed E-state index contributed by atoms with van der Waals surface area (Å²) in [6.45, 7) is 0. The molecule has 0 radical (unpaired) electrons. The molecule has 2 heterocycles. The summed E-state index contributed by atoms with van der Waals surface area (Å²) in [4.78, 5) is 0. The summed E-state index contributed by atoms with van der Waals surface area (Å²) in [6.07, 6.45) is 10.8. The summed E-state index contributed by atoms with van der Waals surface area (Å²) in [6, 6.07) is 0.435. The summed E-state index contributed by atoms with van der Waals surface area (Å²) >= 11 is 1.99. The molecule has 4 nitrogen and oxygen atoms in total. The van der Waals surface area contributed by atoms with E-state index in [9.17, 15) is 12.6 Å². The predicted molar refractivity (Wildman–Crippen MR) is 104 cm³/mol. The molecule has 1 aliphatic carbocycles. The molecule has 1 N–H and O–H groups in total. The van der Waals surface area contributed by atoms with Gasteiger partial charge in [-0.05, 0) is 69.5 Å². The SMILES string of the molecule is CS(=O)(=O)C1CCC(C2CCCC([S@](=O)CC3CCCS3)N2)CC1. The molecule has 3 aliphatic rings. The third-order valence-electron chi connectivity index (χ3n) is 5.97. The highest BCUT2D eigenvalue weighted by atomic mass is 32.2. The van der Waals surface area contributed by atoms with Gasteiger partial charge in [0.15, 0.2) is 0 Å². The van der Waals surface area contributed by atoms with Gasteiger partial charge in [-0.3, -0.25) is 4.21 Å². The number of nitrogens with one attached hydrogen (secondary N) is 1. The molecular weight excluding hydrogens is 362 g/mol. The Morgan fingerprint density at radius 2 is 1.79 bits per heavy atom. The number of sulfone groups is 1. The molecule has 140 valence electrons. The normalized spacial score (nSPS) is 39.6. The van der Waals surface area contributed by atoms with Gasteiger partial charge in [-0.2, -0.15) is 11.8 Å². The maximum Gasteiger partial charge on any atom is 0.150 e. The van der Waals surface area contributed by atoms with Crippen LogP contribution in [0, 0.1) is 5.92 Å². The quantitative estimate of drug-likeness (QED) is 0.778. The lowest BCUT2D eigenvalue weighted by Crippen LogP contribution is -2.50. The Morgan fingerprint density at radius 1 is 1.04 bits per heavy atom. The molecule has 0 bridgehead atoms. The molecule has 2 saturated heterocycles. The summed E-state index contributed by atoms with van der Waals surface area (Å²) in [5, 5.41) is 4.30. The zero-order valence-electron chi connectivity index (χ0n) is 14.6. The van der Waals surface area contributed by atoms with E-state index in [2.05, 4.69) is 5.32 Å². The van der Waals surface area contributed by atoms with Crippen molar-refractivity contribution in [2.24, 2.45) is 5.92 Å². The Hall–Kier alpha value is 0.410. The van der Waals surface area contributed by atoms with Crippen LogP contribution in [-0.4, -0.2) is 52.3 Å². The molecule has 3 unspecified atom stereocenters. The van der Waals surface area contributed by atoms with Gasteiger partial charge in [0.25, 0.3) is 0 Å². The van der Waals surface area contributed by atoms with E-state index in [0.29, 0.717) is 17.2 Å². The molecular formula is C17H31NO3S3. The van der Waals surface area contributed by atoms with Gasteiger partial charge in [-0.1, -0.05) is 0 Å². The van der Waals surface area contributed by atoms with Gasteiger partial charge < -0.3 is 5.32 Å². The van der Waals surface area contributed by atoms with Gasteiger partial charge in [0.1, 0.15) is 9.84 Å². The van der Waals surface area contributed by atoms with Gasteiger partial charge >= 0.3 is 0 Å². The highest BCUT2D eigenvalue weighted by Crippen LogP contribution is 2.34. The Kier molecular flexibility index (Phi) is 6.71. The molecule has 3 rings (SSSR count). The van der Waals surface area contributed by atoms with Crippen LogP contribution in [0.3, 0.4) is 0 Å². The van der Waals surface area contributed by atoms with Gasteiger partial charge in [0.2, 0.25) is 0 Å². The summed E-state index contributed by atoms with van der Waals surface area (Å²) in [7, 11) is -3.66. The monoisotopic (exact) mass is 393 g/mol. The first-order valence-corrected chi connectivity index (χ1v) is 13.8. The molecule has 0 aromatic carbocycles. The molecule has 4 atom stereocenters. The van der Waals surface area contributed by atoms with Crippen molar-refractivity contribution in [1.29, 1.82) is 0 Å². The van der Waals surface area contributed by atoms with Crippen LogP contribution < -0.4 is 5.32 Å². The van der Waals surface area contributed by atoms with E-state index in [0.717, 1.165) is 50.7 Å². The van der Waals surface area contributed by atoms with Gasteiger partial charge in [-0.15, -0.1) is 0 Å². The first-order valence-electron chi connectivity index (χ1n) is 9.37. The fraction of sp³-hybridized carbons (Fsp3) is 1.00. The van der Waals surface area contributed by atoms with Crippen LogP contribution >= 0.6 is 11.8 Å². The molecule has 24 heavy (non-hydrogen) atoms. The maximum atomic E-state index is 12.7. The average Bonchev–Trinajstić information content (AvgIpc) is 3.07. The van der Waals surface area contributed by atoms with Crippen LogP contribution in [-0.2, 0) is 20.6 Å². The topological polar surface area (TPSA) is 63.2 Å². The molecule has 3 fully saturated rings. The maximum absolute atomic E-state index is 12.7. The number of hydrogen-bond donors (Lipinski definition) is 1. The minimum Gasteiger partial charge on any atom is -0.300 e. The molecule has 0 aromatic rings. The Balaban J connectivity index is 1.49. The number of thioether (sulfide) groups is 1.